The molecule has 2 fully saturated rings. The molecule has 118 valence electrons. The minimum atomic E-state index is -3.32. The Morgan fingerprint density at radius 3 is 2.70 bits per heavy atom. The number of rotatable bonds is 5. The van der Waals surface area contributed by atoms with Crippen molar-refractivity contribution in [3.8, 4) is 0 Å². The lowest BCUT2D eigenvalue weighted by Gasteiger charge is -2.38. The molecule has 2 saturated heterocycles. The second kappa shape index (κ2) is 7.17. The standard InChI is InChI=1S/C13H27N3O3S/c1-3-13-11-16(7-8-19-13)20(17,18)15-6-4-5-12(10-15)9-14-2/h12-14H,3-11H2,1-2H3. The molecular weight excluding hydrogens is 278 g/mol. The van der Waals surface area contributed by atoms with Crippen LogP contribution in [0.4, 0.5) is 0 Å². The Bertz CT molecular complexity index is 400. The van der Waals surface area contributed by atoms with Crippen LogP contribution in [0.25, 0.3) is 0 Å². The SMILES string of the molecule is CCC1CN(S(=O)(=O)N2CCCC(CNC)C2)CCO1. The van der Waals surface area contributed by atoms with E-state index in [4.69, 9.17) is 4.74 Å². The van der Waals surface area contributed by atoms with Gasteiger partial charge in [-0.2, -0.15) is 17.0 Å². The highest BCUT2D eigenvalue weighted by atomic mass is 32.2. The van der Waals surface area contributed by atoms with E-state index in [0.29, 0.717) is 38.7 Å². The summed E-state index contributed by atoms with van der Waals surface area (Å²) in [5.74, 6) is 0.423. The van der Waals surface area contributed by atoms with E-state index in [1.54, 1.807) is 8.61 Å². The maximum atomic E-state index is 12.7. The summed E-state index contributed by atoms with van der Waals surface area (Å²) < 4.78 is 34.3. The Hall–Kier alpha value is -0.210. The fraction of sp³-hybridized carbons (Fsp3) is 1.00. The number of nitrogens with zero attached hydrogens (tertiary/aromatic N) is 2. The Labute approximate surface area is 122 Å². The Morgan fingerprint density at radius 1 is 1.25 bits per heavy atom. The van der Waals surface area contributed by atoms with Crippen molar-refractivity contribution in [2.45, 2.75) is 32.3 Å². The van der Waals surface area contributed by atoms with Gasteiger partial charge >= 0.3 is 0 Å². The summed E-state index contributed by atoms with van der Waals surface area (Å²) in [5.41, 5.74) is 0. The highest BCUT2D eigenvalue weighted by Crippen LogP contribution is 2.22. The van der Waals surface area contributed by atoms with E-state index < -0.39 is 10.2 Å². The molecule has 0 amide bonds. The summed E-state index contributed by atoms with van der Waals surface area (Å²) in [4.78, 5) is 0. The average molecular weight is 305 g/mol. The van der Waals surface area contributed by atoms with Crippen LogP contribution < -0.4 is 5.32 Å². The van der Waals surface area contributed by atoms with E-state index in [-0.39, 0.29) is 6.10 Å². The van der Waals surface area contributed by atoms with Gasteiger partial charge in [0.25, 0.3) is 10.2 Å². The number of morpholine rings is 1. The Kier molecular flexibility index (Phi) is 5.80. The Balaban J connectivity index is 2.01. The van der Waals surface area contributed by atoms with Crippen molar-refractivity contribution >= 4 is 10.2 Å². The second-order valence-electron chi connectivity index (χ2n) is 5.69. The van der Waals surface area contributed by atoms with Crippen LogP contribution in [0, 0.1) is 5.92 Å². The zero-order chi connectivity index (χ0) is 14.6. The smallest absolute Gasteiger partial charge is 0.282 e. The molecular formula is C13H27N3O3S. The molecule has 0 aromatic heterocycles. The minimum absolute atomic E-state index is 0.0384. The molecule has 0 radical (unpaired) electrons. The third kappa shape index (κ3) is 3.71. The van der Waals surface area contributed by atoms with Gasteiger partial charge in [0, 0.05) is 26.2 Å². The van der Waals surface area contributed by atoms with E-state index in [1.165, 1.54) is 0 Å². The van der Waals surface area contributed by atoms with Crippen molar-refractivity contribution in [1.82, 2.24) is 13.9 Å². The maximum absolute atomic E-state index is 12.7. The number of nitrogens with one attached hydrogen (secondary N) is 1. The molecule has 20 heavy (non-hydrogen) atoms. The van der Waals surface area contributed by atoms with Crippen molar-refractivity contribution in [2.24, 2.45) is 5.92 Å². The maximum Gasteiger partial charge on any atom is 0.282 e. The molecule has 0 aromatic rings. The lowest BCUT2D eigenvalue weighted by Crippen LogP contribution is -2.53. The number of hydrogen-bond donors (Lipinski definition) is 1. The molecule has 2 unspecified atom stereocenters. The van der Waals surface area contributed by atoms with Crippen LogP contribution in [-0.4, -0.2) is 69.5 Å². The number of hydrogen-bond acceptors (Lipinski definition) is 4. The van der Waals surface area contributed by atoms with Gasteiger partial charge in [-0.25, -0.2) is 0 Å². The van der Waals surface area contributed by atoms with E-state index in [0.717, 1.165) is 25.8 Å². The van der Waals surface area contributed by atoms with Gasteiger partial charge in [0.1, 0.15) is 0 Å². The first-order valence-electron chi connectivity index (χ1n) is 7.59. The topological polar surface area (TPSA) is 61.9 Å². The number of ether oxygens (including phenoxy) is 1. The van der Waals surface area contributed by atoms with Gasteiger partial charge in [-0.05, 0) is 38.8 Å². The van der Waals surface area contributed by atoms with E-state index in [1.807, 2.05) is 14.0 Å². The molecule has 0 aliphatic carbocycles. The van der Waals surface area contributed by atoms with Gasteiger partial charge in [-0.3, -0.25) is 0 Å². The zero-order valence-corrected chi connectivity index (χ0v) is 13.4. The van der Waals surface area contributed by atoms with Gasteiger partial charge in [-0.15, -0.1) is 0 Å². The van der Waals surface area contributed by atoms with Gasteiger partial charge in [-0.1, -0.05) is 6.92 Å². The molecule has 1 N–H and O–H groups in total. The van der Waals surface area contributed by atoms with Crippen LogP contribution in [0.5, 0.6) is 0 Å². The van der Waals surface area contributed by atoms with Crippen LogP contribution in [0.1, 0.15) is 26.2 Å². The molecule has 2 atom stereocenters. The normalized spacial score (nSPS) is 30.5. The first-order chi connectivity index (χ1) is 9.57. The first-order valence-corrected chi connectivity index (χ1v) is 8.99. The molecule has 7 heteroatoms. The number of piperidine rings is 1. The van der Waals surface area contributed by atoms with Crippen LogP contribution in [-0.2, 0) is 14.9 Å². The largest absolute Gasteiger partial charge is 0.375 e. The van der Waals surface area contributed by atoms with Crippen LogP contribution in [0.15, 0.2) is 0 Å². The van der Waals surface area contributed by atoms with Gasteiger partial charge in [0.05, 0.1) is 12.7 Å². The van der Waals surface area contributed by atoms with Crippen molar-refractivity contribution in [3.05, 3.63) is 0 Å². The molecule has 2 aliphatic heterocycles. The zero-order valence-electron chi connectivity index (χ0n) is 12.5. The molecule has 0 aromatic carbocycles. The second-order valence-corrected chi connectivity index (χ2v) is 7.62. The summed E-state index contributed by atoms with van der Waals surface area (Å²) in [5, 5.41) is 3.15. The van der Waals surface area contributed by atoms with Crippen molar-refractivity contribution < 1.29 is 13.2 Å². The first kappa shape index (κ1) is 16.2. The molecule has 6 nitrogen and oxygen atoms in total. The summed E-state index contributed by atoms with van der Waals surface area (Å²) in [6.45, 7) is 5.68. The van der Waals surface area contributed by atoms with Crippen LogP contribution >= 0.6 is 0 Å². The highest BCUT2D eigenvalue weighted by molar-refractivity contribution is 7.86. The van der Waals surface area contributed by atoms with Crippen molar-refractivity contribution in [3.63, 3.8) is 0 Å². The van der Waals surface area contributed by atoms with E-state index in [9.17, 15) is 8.42 Å². The predicted octanol–water partition coefficient (Wildman–Crippen LogP) is 0.273. The molecule has 0 saturated carbocycles. The monoisotopic (exact) mass is 305 g/mol. The predicted molar refractivity (Wildman–Crippen MR) is 78.7 cm³/mol. The Morgan fingerprint density at radius 2 is 2.00 bits per heavy atom. The summed E-state index contributed by atoms with van der Waals surface area (Å²) in [6.07, 6.45) is 2.95. The lowest BCUT2D eigenvalue weighted by molar-refractivity contribution is -0.00490. The van der Waals surface area contributed by atoms with E-state index in [2.05, 4.69) is 5.32 Å². The molecule has 2 heterocycles. The average Bonchev–Trinajstić information content (AvgIpc) is 2.48. The van der Waals surface area contributed by atoms with Gasteiger partial charge in [0.2, 0.25) is 0 Å². The van der Waals surface area contributed by atoms with Crippen LogP contribution in [0.3, 0.4) is 0 Å². The lowest BCUT2D eigenvalue weighted by atomic mass is 10.00. The van der Waals surface area contributed by atoms with Gasteiger partial charge in [0.15, 0.2) is 0 Å². The van der Waals surface area contributed by atoms with Crippen molar-refractivity contribution in [1.29, 1.82) is 0 Å². The van der Waals surface area contributed by atoms with Crippen LogP contribution in [0.2, 0.25) is 0 Å². The fourth-order valence-corrected chi connectivity index (χ4v) is 4.75. The summed E-state index contributed by atoms with van der Waals surface area (Å²) in [7, 11) is -1.40. The minimum Gasteiger partial charge on any atom is -0.375 e. The molecule has 0 spiro atoms. The third-order valence-corrected chi connectivity index (χ3v) is 6.15. The summed E-state index contributed by atoms with van der Waals surface area (Å²) in [6, 6.07) is 0. The van der Waals surface area contributed by atoms with E-state index >= 15 is 0 Å². The quantitative estimate of drug-likeness (QED) is 0.792. The highest BCUT2D eigenvalue weighted by Gasteiger charge is 2.36. The fourth-order valence-electron chi connectivity index (χ4n) is 3.00. The summed E-state index contributed by atoms with van der Waals surface area (Å²) >= 11 is 0. The van der Waals surface area contributed by atoms with Gasteiger partial charge < -0.3 is 10.1 Å². The molecule has 2 aliphatic rings. The van der Waals surface area contributed by atoms with Crippen molar-refractivity contribution in [2.75, 3.05) is 46.4 Å². The third-order valence-electron chi connectivity index (χ3n) is 4.18. The molecule has 2 rings (SSSR count). The molecule has 0 bridgehead atoms.